The van der Waals surface area contributed by atoms with E-state index in [1.165, 1.54) is 0 Å². The fourth-order valence-electron chi connectivity index (χ4n) is 2.38. The molecule has 1 atom stereocenters. The van der Waals surface area contributed by atoms with E-state index in [1.54, 1.807) is 0 Å². The molecule has 1 unspecified atom stereocenters. The second kappa shape index (κ2) is 6.27. The van der Waals surface area contributed by atoms with Gasteiger partial charge in [-0.15, -0.1) is 0 Å². The van der Waals surface area contributed by atoms with Gasteiger partial charge < -0.3 is 15.4 Å². The van der Waals surface area contributed by atoms with Crippen molar-refractivity contribution in [1.29, 1.82) is 0 Å². The van der Waals surface area contributed by atoms with E-state index >= 15 is 0 Å². The quantitative estimate of drug-likeness (QED) is 0.917. The van der Waals surface area contributed by atoms with Gasteiger partial charge in [-0.05, 0) is 25.5 Å². The summed E-state index contributed by atoms with van der Waals surface area (Å²) in [6, 6.07) is 9.84. The van der Waals surface area contributed by atoms with E-state index in [1.807, 2.05) is 49.1 Å². The van der Waals surface area contributed by atoms with Crippen LogP contribution in [0.2, 0.25) is 0 Å². The van der Waals surface area contributed by atoms with Crippen LogP contribution in [0.4, 0.5) is 0 Å². The molecule has 1 aromatic carbocycles. The predicted octanol–water partition coefficient (Wildman–Crippen LogP) is 2.18. The molecule has 0 radical (unpaired) electrons. The zero-order chi connectivity index (χ0) is 14.6. The summed E-state index contributed by atoms with van der Waals surface area (Å²) in [5, 5.41) is 0. The van der Waals surface area contributed by atoms with E-state index < -0.39 is 5.54 Å². The van der Waals surface area contributed by atoms with Crippen molar-refractivity contribution >= 4 is 5.91 Å². The Bertz CT molecular complexity index is 437. The molecule has 4 heteroatoms. The van der Waals surface area contributed by atoms with Crippen LogP contribution < -0.4 is 10.5 Å². The number of benzene rings is 1. The maximum absolute atomic E-state index is 12.3. The van der Waals surface area contributed by atoms with Gasteiger partial charge in [0.2, 0.25) is 5.91 Å². The van der Waals surface area contributed by atoms with Crippen LogP contribution in [-0.4, -0.2) is 35.5 Å². The Morgan fingerprint density at radius 2 is 1.95 bits per heavy atom. The second-order valence-electron chi connectivity index (χ2n) is 5.69. The third-order valence-electron chi connectivity index (χ3n) is 4.00. The molecule has 1 amide bonds. The minimum absolute atomic E-state index is 0.0539. The van der Waals surface area contributed by atoms with Crippen LogP contribution in [0.3, 0.4) is 0 Å². The summed E-state index contributed by atoms with van der Waals surface area (Å²) in [5.41, 5.74) is 5.28. The van der Waals surface area contributed by atoms with Crippen LogP contribution in [-0.2, 0) is 4.79 Å². The van der Waals surface area contributed by atoms with Crippen molar-refractivity contribution in [2.75, 3.05) is 13.1 Å². The summed E-state index contributed by atoms with van der Waals surface area (Å²) in [7, 11) is 0. The van der Waals surface area contributed by atoms with Crippen LogP contribution in [0.15, 0.2) is 30.3 Å². The minimum Gasteiger partial charge on any atom is -0.490 e. The Morgan fingerprint density at radius 1 is 1.35 bits per heavy atom. The Morgan fingerprint density at radius 3 is 2.50 bits per heavy atom. The Labute approximate surface area is 120 Å². The number of ether oxygens (including phenoxy) is 1. The van der Waals surface area contributed by atoms with Crippen LogP contribution in [0.5, 0.6) is 5.75 Å². The maximum atomic E-state index is 12.3. The molecule has 4 nitrogen and oxygen atoms in total. The molecular formula is C16H24N2O2. The molecule has 1 saturated heterocycles. The van der Waals surface area contributed by atoms with Gasteiger partial charge in [0.05, 0.1) is 5.54 Å². The smallest absolute Gasteiger partial charge is 0.242 e. The van der Waals surface area contributed by atoms with Gasteiger partial charge in [0.25, 0.3) is 0 Å². The molecule has 1 aliphatic rings. The highest BCUT2D eigenvalue weighted by atomic mass is 16.5. The summed E-state index contributed by atoms with van der Waals surface area (Å²) in [6.45, 7) is 5.21. The van der Waals surface area contributed by atoms with Gasteiger partial charge in [0.15, 0.2) is 0 Å². The molecule has 0 spiro atoms. The molecule has 0 aliphatic carbocycles. The molecule has 2 rings (SSSR count). The Balaban J connectivity index is 1.85. The summed E-state index contributed by atoms with van der Waals surface area (Å²) in [6.07, 6.45) is 2.57. The van der Waals surface area contributed by atoms with Crippen molar-refractivity contribution < 1.29 is 9.53 Å². The lowest BCUT2D eigenvalue weighted by atomic mass is 9.96. The monoisotopic (exact) mass is 276 g/mol. The topological polar surface area (TPSA) is 55.6 Å². The largest absolute Gasteiger partial charge is 0.490 e. The van der Waals surface area contributed by atoms with Gasteiger partial charge in [0, 0.05) is 25.9 Å². The first-order chi connectivity index (χ1) is 9.53. The summed E-state index contributed by atoms with van der Waals surface area (Å²) < 4.78 is 5.93. The van der Waals surface area contributed by atoms with Crippen molar-refractivity contribution in [3.63, 3.8) is 0 Å². The molecule has 20 heavy (non-hydrogen) atoms. The average Bonchev–Trinajstić information content (AvgIpc) is 2.48. The first-order valence-corrected chi connectivity index (χ1v) is 7.33. The van der Waals surface area contributed by atoms with E-state index in [-0.39, 0.29) is 12.0 Å². The number of carbonyl (C=O) groups excluding carboxylic acids is 1. The molecule has 0 aromatic heterocycles. The van der Waals surface area contributed by atoms with Crippen molar-refractivity contribution in [3.05, 3.63) is 30.3 Å². The summed E-state index contributed by atoms with van der Waals surface area (Å²) >= 11 is 0. The van der Waals surface area contributed by atoms with E-state index in [0.29, 0.717) is 6.42 Å². The van der Waals surface area contributed by atoms with Gasteiger partial charge in [-0.1, -0.05) is 25.1 Å². The zero-order valence-corrected chi connectivity index (χ0v) is 12.3. The Kier molecular flexibility index (Phi) is 4.65. The molecule has 1 fully saturated rings. The summed E-state index contributed by atoms with van der Waals surface area (Å²) in [5.74, 6) is 0.952. The van der Waals surface area contributed by atoms with Gasteiger partial charge >= 0.3 is 0 Å². The number of para-hydroxylation sites is 1. The number of nitrogens with zero attached hydrogens (tertiary/aromatic N) is 1. The maximum Gasteiger partial charge on any atom is 0.242 e. The van der Waals surface area contributed by atoms with Crippen molar-refractivity contribution in [1.82, 2.24) is 4.90 Å². The number of rotatable bonds is 4. The highest BCUT2D eigenvalue weighted by molar-refractivity contribution is 5.85. The van der Waals surface area contributed by atoms with Gasteiger partial charge in [-0.2, -0.15) is 0 Å². The van der Waals surface area contributed by atoms with Crippen molar-refractivity contribution in [2.24, 2.45) is 5.73 Å². The molecular weight excluding hydrogens is 252 g/mol. The van der Waals surface area contributed by atoms with Crippen LogP contribution in [0.1, 0.15) is 33.1 Å². The number of hydrogen-bond acceptors (Lipinski definition) is 3. The van der Waals surface area contributed by atoms with E-state index in [9.17, 15) is 4.79 Å². The van der Waals surface area contributed by atoms with Crippen LogP contribution in [0, 0.1) is 0 Å². The number of piperidine rings is 1. The molecule has 1 aliphatic heterocycles. The van der Waals surface area contributed by atoms with E-state index in [2.05, 4.69) is 0 Å². The number of likely N-dealkylation sites (tertiary alicyclic amines) is 1. The highest BCUT2D eigenvalue weighted by Gasteiger charge is 2.33. The molecule has 1 aromatic rings. The normalized spacial score (nSPS) is 19.4. The van der Waals surface area contributed by atoms with Crippen LogP contribution >= 0.6 is 0 Å². The number of amides is 1. The molecule has 0 bridgehead atoms. The van der Waals surface area contributed by atoms with E-state index in [0.717, 1.165) is 31.7 Å². The van der Waals surface area contributed by atoms with Crippen LogP contribution in [0.25, 0.3) is 0 Å². The van der Waals surface area contributed by atoms with Crippen molar-refractivity contribution in [2.45, 2.75) is 44.8 Å². The predicted molar refractivity (Wildman–Crippen MR) is 79.6 cm³/mol. The third-order valence-corrected chi connectivity index (χ3v) is 4.00. The number of nitrogens with two attached hydrogens (primary N) is 1. The number of hydrogen-bond donors (Lipinski definition) is 1. The molecule has 0 saturated carbocycles. The standard InChI is InChI=1S/C16H24N2O2/c1-3-16(2,17)15(19)18-11-9-14(10-12-18)20-13-7-5-4-6-8-13/h4-8,14H,3,9-12,17H2,1-2H3. The van der Waals surface area contributed by atoms with Gasteiger partial charge in [-0.3, -0.25) is 4.79 Å². The second-order valence-corrected chi connectivity index (χ2v) is 5.69. The fourth-order valence-corrected chi connectivity index (χ4v) is 2.38. The SMILES string of the molecule is CCC(C)(N)C(=O)N1CCC(Oc2ccccc2)CC1. The molecule has 1 heterocycles. The minimum atomic E-state index is -0.743. The van der Waals surface area contributed by atoms with Gasteiger partial charge in [-0.25, -0.2) is 0 Å². The lowest BCUT2D eigenvalue weighted by Crippen LogP contribution is -2.55. The Hall–Kier alpha value is -1.55. The fraction of sp³-hybridized carbons (Fsp3) is 0.562. The lowest BCUT2D eigenvalue weighted by molar-refractivity contribution is -0.138. The first kappa shape index (κ1) is 14.9. The lowest BCUT2D eigenvalue weighted by Gasteiger charge is -2.36. The summed E-state index contributed by atoms with van der Waals surface area (Å²) in [4.78, 5) is 14.1. The van der Waals surface area contributed by atoms with Gasteiger partial charge in [0.1, 0.15) is 11.9 Å². The molecule has 2 N–H and O–H groups in total. The zero-order valence-electron chi connectivity index (χ0n) is 12.3. The molecule has 110 valence electrons. The third kappa shape index (κ3) is 3.51. The number of carbonyl (C=O) groups is 1. The average molecular weight is 276 g/mol. The highest BCUT2D eigenvalue weighted by Crippen LogP contribution is 2.20. The van der Waals surface area contributed by atoms with E-state index in [4.69, 9.17) is 10.5 Å². The first-order valence-electron chi connectivity index (χ1n) is 7.33. The van der Waals surface area contributed by atoms with Crippen molar-refractivity contribution in [3.8, 4) is 5.75 Å².